The zero-order valence-corrected chi connectivity index (χ0v) is 15.9. The van der Waals surface area contributed by atoms with E-state index in [1.165, 1.54) is 0 Å². The number of carbonyl (C=O) groups is 2. The first-order valence-electron chi connectivity index (χ1n) is 8.44. The SMILES string of the molecule is CO[C@H]1CN(C(=O)C=Cc2c(C)nn(C)c2C)C[C@@H]1CC(=O)N(C)C. The highest BCUT2D eigenvalue weighted by Crippen LogP contribution is 2.24. The second kappa shape index (κ2) is 7.82. The van der Waals surface area contributed by atoms with Gasteiger partial charge in [0.05, 0.1) is 11.8 Å². The van der Waals surface area contributed by atoms with E-state index in [0.717, 1.165) is 17.0 Å². The summed E-state index contributed by atoms with van der Waals surface area (Å²) in [4.78, 5) is 27.8. The molecule has 1 aromatic heterocycles. The number of amides is 2. The van der Waals surface area contributed by atoms with Crippen LogP contribution in [0, 0.1) is 19.8 Å². The summed E-state index contributed by atoms with van der Waals surface area (Å²) in [6.07, 6.45) is 3.68. The molecule has 0 aliphatic carbocycles. The molecule has 7 nitrogen and oxygen atoms in total. The van der Waals surface area contributed by atoms with Crippen LogP contribution in [-0.2, 0) is 21.4 Å². The molecule has 1 fully saturated rings. The molecule has 0 aromatic carbocycles. The van der Waals surface area contributed by atoms with E-state index in [2.05, 4.69) is 5.10 Å². The van der Waals surface area contributed by atoms with Gasteiger partial charge in [0.1, 0.15) is 0 Å². The lowest BCUT2D eigenvalue weighted by Crippen LogP contribution is -2.29. The second-order valence-corrected chi connectivity index (χ2v) is 6.81. The van der Waals surface area contributed by atoms with Gasteiger partial charge < -0.3 is 14.5 Å². The minimum absolute atomic E-state index is 0.0270. The molecule has 7 heteroatoms. The van der Waals surface area contributed by atoms with Gasteiger partial charge >= 0.3 is 0 Å². The molecular weight excluding hydrogens is 320 g/mol. The third-order valence-electron chi connectivity index (χ3n) is 4.89. The summed E-state index contributed by atoms with van der Waals surface area (Å²) >= 11 is 0. The topological polar surface area (TPSA) is 67.7 Å². The molecule has 2 atom stereocenters. The van der Waals surface area contributed by atoms with Crippen molar-refractivity contribution in [3.63, 3.8) is 0 Å². The number of aryl methyl sites for hydroxylation is 2. The molecule has 2 rings (SSSR count). The third kappa shape index (κ3) is 4.28. The smallest absolute Gasteiger partial charge is 0.246 e. The summed E-state index contributed by atoms with van der Waals surface area (Å²) in [5, 5.41) is 4.35. The van der Waals surface area contributed by atoms with Crippen molar-refractivity contribution in [3.05, 3.63) is 23.0 Å². The van der Waals surface area contributed by atoms with E-state index in [9.17, 15) is 9.59 Å². The molecule has 0 unspecified atom stereocenters. The maximum atomic E-state index is 12.5. The quantitative estimate of drug-likeness (QED) is 0.745. The predicted octanol–water partition coefficient (Wildman–Crippen LogP) is 1.00. The first-order valence-corrected chi connectivity index (χ1v) is 8.44. The van der Waals surface area contributed by atoms with Crippen molar-refractivity contribution in [2.45, 2.75) is 26.4 Å². The van der Waals surface area contributed by atoms with Crippen LogP contribution in [0.2, 0.25) is 0 Å². The van der Waals surface area contributed by atoms with Gasteiger partial charge in [0, 0.05) is 71.0 Å². The number of hydrogen-bond donors (Lipinski definition) is 0. The number of ether oxygens (including phenoxy) is 1. The fourth-order valence-electron chi connectivity index (χ4n) is 3.18. The molecule has 1 aliphatic rings. The Morgan fingerprint density at radius 3 is 2.52 bits per heavy atom. The molecule has 0 bridgehead atoms. The molecule has 1 saturated heterocycles. The minimum atomic E-state index is -0.108. The zero-order chi connectivity index (χ0) is 18.7. The van der Waals surface area contributed by atoms with Crippen LogP contribution in [0.3, 0.4) is 0 Å². The maximum Gasteiger partial charge on any atom is 0.246 e. The Hall–Kier alpha value is -2.15. The fraction of sp³-hybridized carbons (Fsp3) is 0.611. The number of likely N-dealkylation sites (tertiary alicyclic amines) is 1. The third-order valence-corrected chi connectivity index (χ3v) is 4.89. The van der Waals surface area contributed by atoms with Gasteiger partial charge in [-0.25, -0.2) is 0 Å². The van der Waals surface area contributed by atoms with Crippen molar-refractivity contribution >= 4 is 17.9 Å². The second-order valence-electron chi connectivity index (χ2n) is 6.81. The highest BCUT2D eigenvalue weighted by molar-refractivity contribution is 5.92. The summed E-state index contributed by atoms with van der Waals surface area (Å²) in [6.45, 7) is 4.95. The van der Waals surface area contributed by atoms with E-state index in [4.69, 9.17) is 4.74 Å². The van der Waals surface area contributed by atoms with Crippen LogP contribution in [0.5, 0.6) is 0 Å². The van der Waals surface area contributed by atoms with Gasteiger partial charge in [0.15, 0.2) is 0 Å². The van der Waals surface area contributed by atoms with Crippen LogP contribution < -0.4 is 0 Å². The molecular formula is C18H28N4O3. The normalized spacial score (nSPS) is 20.5. The average Bonchev–Trinajstić information content (AvgIpc) is 3.07. The van der Waals surface area contributed by atoms with E-state index in [1.807, 2.05) is 27.0 Å². The number of aromatic nitrogens is 2. The summed E-state index contributed by atoms with van der Waals surface area (Å²) in [5.74, 6) is 0.0159. The lowest BCUT2D eigenvalue weighted by molar-refractivity contribution is -0.130. The van der Waals surface area contributed by atoms with Crippen LogP contribution in [0.1, 0.15) is 23.4 Å². The molecule has 0 radical (unpaired) electrons. The monoisotopic (exact) mass is 348 g/mol. The summed E-state index contributed by atoms with van der Waals surface area (Å²) < 4.78 is 7.29. The first-order chi connectivity index (χ1) is 11.7. The van der Waals surface area contributed by atoms with Crippen molar-refractivity contribution < 1.29 is 14.3 Å². The highest BCUT2D eigenvalue weighted by atomic mass is 16.5. The molecule has 2 heterocycles. The predicted molar refractivity (Wildman–Crippen MR) is 95.9 cm³/mol. The minimum Gasteiger partial charge on any atom is -0.379 e. The van der Waals surface area contributed by atoms with Gasteiger partial charge in [-0.05, 0) is 19.9 Å². The summed E-state index contributed by atoms with van der Waals surface area (Å²) in [5.41, 5.74) is 2.89. The molecule has 138 valence electrons. The summed E-state index contributed by atoms with van der Waals surface area (Å²) in [7, 11) is 6.99. The maximum absolute atomic E-state index is 12.5. The Morgan fingerprint density at radius 2 is 2.00 bits per heavy atom. The molecule has 0 spiro atoms. The van der Waals surface area contributed by atoms with Crippen molar-refractivity contribution in [3.8, 4) is 0 Å². The van der Waals surface area contributed by atoms with Gasteiger partial charge in [0.2, 0.25) is 11.8 Å². The zero-order valence-electron chi connectivity index (χ0n) is 15.9. The van der Waals surface area contributed by atoms with Crippen LogP contribution >= 0.6 is 0 Å². The van der Waals surface area contributed by atoms with E-state index in [1.54, 1.807) is 41.8 Å². The van der Waals surface area contributed by atoms with Crippen LogP contribution in [0.15, 0.2) is 6.08 Å². The van der Waals surface area contributed by atoms with Crippen molar-refractivity contribution in [2.24, 2.45) is 13.0 Å². The van der Waals surface area contributed by atoms with E-state index in [-0.39, 0.29) is 23.8 Å². The number of nitrogens with zero attached hydrogens (tertiary/aromatic N) is 4. The number of rotatable bonds is 5. The van der Waals surface area contributed by atoms with Crippen LogP contribution in [0.25, 0.3) is 6.08 Å². The number of carbonyl (C=O) groups excluding carboxylic acids is 2. The van der Waals surface area contributed by atoms with Crippen LogP contribution in [-0.4, -0.2) is 71.8 Å². The molecule has 2 amide bonds. The molecule has 1 aliphatic heterocycles. The Kier molecular flexibility index (Phi) is 6.00. The van der Waals surface area contributed by atoms with Crippen molar-refractivity contribution in [1.29, 1.82) is 0 Å². The fourth-order valence-corrected chi connectivity index (χ4v) is 3.18. The molecule has 0 saturated carbocycles. The number of hydrogen-bond acceptors (Lipinski definition) is 4. The van der Waals surface area contributed by atoms with Gasteiger partial charge in [-0.3, -0.25) is 14.3 Å². The lowest BCUT2D eigenvalue weighted by Gasteiger charge is -2.18. The van der Waals surface area contributed by atoms with E-state index in [0.29, 0.717) is 19.5 Å². The molecule has 25 heavy (non-hydrogen) atoms. The highest BCUT2D eigenvalue weighted by Gasteiger charge is 2.36. The first kappa shape index (κ1) is 19.2. The molecule has 1 aromatic rings. The van der Waals surface area contributed by atoms with Crippen LogP contribution in [0.4, 0.5) is 0 Å². The van der Waals surface area contributed by atoms with E-state index >= 15 is 0 Å². The van der Waals surface area contributed by atoms with Gasteiger partial charge in [0.25, 0.3) is 0 Å². The largest absolute Gasteiger partial charge is 0.379 e. The Balaban J connectivity index is 2.05. The van der Waals surface area contributed by atoms with Gasteiger partial charge in [-0.1, -0.05) is 0 Å². The molecule has 0 N–H and O–H groups in total. The summed E-state index contributed by atoms with van der Waals surface area (Å²) in [6, 6.07) is 0. The Bertz CT molecular complexity index is 678. The Labute approximate surface area is 149 Å². The standard InChI is InChI=1S/C18H28N4O3/c1-12-15(13(2)21(5)19-12)7-8-17(23)22-10-14(16(11-22)25-6)9-18(24)20(3)4/h7-8,14,16H,9-11H2,1-6H3/t14-,16-/m0/s1. The average molecular weight is 348 g/mol. The van der Waals surface area contributed by atoms with E-state index < -0.39 is 0 Å². The number of methoxy groups -OCH3 is 1. The van der Waals surface area contributed by atoms with Gasteiger partial charge in [-0.2, -0.15) is 5.10 Å². The van der Waals surface area contributed by atoms with Gasteiger partial charge in [-0.15, -0.1) is 0 Å². The van der Waals surface area contributed by atoms with Crippen molar-refractivity contribution in [1.82, 2.24) is 19.6 Å². The van der Waals surface area contributed by atoms with Crippen molar-refractivity contribution in [2.75, 3.05) is 34.3 Å². The lowest BCUT2D eigenvalue weighted by atomic mass is 10.0. The Morgan fingerprint density at radius 1 is 1.32 bits per heavy atom.